The van der Waals surface area contributed by atoms with Gasteiger partial charge in [0.15, 0.2) is 0 Å². The summed E-state index contributed by atoms with van der Waals surface area (Å²) in [5.74, 6) is -1.24. The van der Waals surface area contributed by atoms with E-state index < -0.39 is 45.0 Å². The summed E-state index contributed by atoms with van der Waals surface area (Å²) in [6.45, 7) is 0. The van der Waals surface area contributed by atoms with Crippen LogP contribution in [0.25, 0.3) is 12.2 Å². The second-order valence-electron chi connectivity index (χ2n) is 12.8. The molecule has 0 aliphatic heterocycles. The Morgan fingerprint density at radius 1 is 0.529 bits per heavy atom. The Bertz CT molecular complexity index is 3450. The van der Waals surface area contributed by atoms with Crippen molar-refractivity contribution in [2.24, 2.45) is 0 Å². The van der Waals surface area contributed by atoms with Crippen molar-refractivity contribution < 1.29 is 53.5 Å². The Hall–Kier alpha value is -8.36. The highest BCUT2D eigenvalue weighted by atomic mass is 32.2. The van der Waals surface area contributed by atoms with Crippen molar-refractivity contribution in [3.8, 4) is 49.9 Å². The smallest absolute Gasteiger partial charge is 0.295 e. The Morgan fingerprint density at radius 2 is 0.926 bits per heavy atom. The minimum Gasteiger partial charge on any atom is -0.324 e. The minimum absolute atomic E-state index is 0.0229. The van der Waals surface area contributed by atoms with Crippen LogP contribution in [-0.4, -0.2) is 74.1 Å². The Labute approximate surface area is 391 Å². The number of nitrogens with zero attached hydrogens (tertiary/aromatic N) is 8. The summed E-state index contributed by atoms with van der Waals surface area (Å²) >= 11 is 0.526. The lowest BCUT2D eigenvalue weighted by atomic mass is 10.1. The molecule has 0 spiro atoms. The van der Waals surface area contributed by atoms with Gasteiger partial charge in [0.05, 0.1) is 21.8 Å². The number of hydrogen-bond donors (Lipinski definition) is 8. The molecule has 0 aliphatic rings. The molecule has 6 aromatic rings. The van der Waals surface area contributed by atoms with Gasteiger partial charge < -0.3 is 21.3 Å². The summed E-state index contributed by atoms with van der Waals surface area (Å²) in [6, 6.07) is 27.2. The number of rotatable bonds is 18. The first-order valence-electron chi connectivity index (χ1n) is 18.1. The van der Waals surface area contributed by atoms with Gasteiger partial charge in [-0.3, -0.25) is 13.7 Å². The molecule has 0 aliphatic carbocycles. The second-order valence-corrected chi connectivity index (χ2v) is 17.8. The van der Waals surface area contributed by atoms with E-state index >= 15 is 0 Å². The third-order valence-corrected chi connectivity index (χ3v) is 11.6. The van der Waals surface area contributed by atoms with Crippen LogP contribution in [0.2, 0.25) is 0 Å². The molecule has 2 aromatic heterocycles. The summed E-state index contributed by atoms with van der Waals surface area (Å²) < 4.78 is 106. The monoisotopic (exact) mass is 996 g/mol. The molecular formula is C40H28N12O12S4. The number of aromatic nitrogens is 6. The standard InChI is InChI=1S/C40H28N12O12S4/c1-5-51(6-2)39-47-35(41-27-11-9-13-31(21-27)66(54,55)56)45-37(49-39)43-29-19-17-25(33(23-29)65-64-63-53)15-16-26-18-20-30(24-34(26)68(60,61)62)44-38-46-36(48-40(50-38)52(7-3)8-4)42-28-12-10-14-32(22-28)67(57,58)59/h1-4,9-24,53H,(H,54,55,56)(H,57,58,59)(H,60,61,62)(H2,41,43,45,47,49)(H2,42,44,46,48,50). The first-order chi connectivity index (χ1) is 32.3. The first kappa shape index (κ1) is 49.1. The van der Waals surface area contributed by atoms with E-state index in [1.165, 1.54) is 72.8 Å². The highest BCUT2D eigenvalue weighted by Gasteiger charge is 2.19. The number of terminal acetylenes is 4. The Balaban J connectivity index is 1.30. The van der Waals surface area contributed by atoms with E-state index in [2.05, 4.69) is 84.7 Å². The third-order valence-electron chi connectivity index (χ3n) is 8.35. The molecule has 0 saturated carbocycles. The van der Waals surface area contributed by atoms with E-state index in [4.69, 9.17) is 31.0 Å². The highest BCUT2D eigenvalue weighted by molar-refractivity contribution is 7.94. The minimum atomic E-state index is -4.93. The van der Waals surface area contributed by atoms with Gasteiger partial charge in [-0.05, 0) is 71.8 Å². The number of benzene rings is 4. The van der Waals surface area contributed by atoms with Gasteiger partial charge in [0.2, 0.25) is 23.8 Å². The van der Waals surface area contributed by atoms with Crippen molar-refractivity contribution in [2.75, 3.05) is 31.1 Å². The maximum absolute atomic E-state index is 12.7. The summed E-state index contributed by atoms with van der Waals surface area (Å²) in [6.07, 6.45) is 24.8. The van der Waals surface area contributed by atoms with Crippen LogP contribution in [0.4, 0.5) is 58.4 Å². The van der Waals surface area contributed by atoms with Crippen molar-refractivity contribution in [1.82, 2.24) is 29.9 Å². The number of hydrogen-bond acceptors (Lipinski definition) is 22. The molecule has 8 N–H and O–H groups in total. The summed E-state index contributed by atoms with van der Waals surface area (Å²) in [5.41, 5.74) is 0.897. The van der Waals surface area contributed by atoms with Gasteiger partial charge in [-0.2, -0.15) is 65.0 Å². The maximum atomic E-state index is 12.7. The van der Waals surface area contributed by atoms with Gasteiger partial charge >= 0.3 is 0 Å². The quantitative estimate of drug-likeness (QED) is 0.0102. The van der Waals surface area contributed by atoms with E-state index in [0.717, 1.165) is 34.1 Å². The van der Waals surface area contributed by atoms with Crippen molar-refractivity contribution >= 4 is 113 Å². The molecule has 24 nitrogen and oxygen atoms in total. The molecule has 4 aromatic carbocycles. The second kappa shape index (κ2) is 20.9. The predicted molar refractivity (Wildman–Crippen MR) is 248 cm³/mol. The normalized spacial score (nSPS) is 11.4. The van der Waals surface area contributed by atoms with Gasteiger partial charge in [-0.15, -0.1) is 4.33 Å². The molecule has 28 heteroatoms. The summed E-state index contributed by atoms with van der Waals surface area (Å²) in [5, 5.41) is 24.0. The molecule has 68 heavy (non-hydrogen) atoms. The van der Waals surface area contributed by atoms with Gasteiger partial charge in [-0.1, -0.05) is 67.1 Å². The van der Waals surface area contributed by atoms with E-state index in [-0.39, 0.29) is 68.9 Å². The summed E-state index contributed by atoms with van der Waals surface area (Å²) in [7, 11) is -14.1. The lowest BCUT2D eigenvalue weighted by molar-refractivity contribution is -0.432. The molecule has 2 heterocycles. The molecule has 0 atom stereocenters. The van der Waals surface area contributed by atoms with Crippen LogP contribution in [0.15, 0.2) is 105 Å². The van der Waals surface area contributed by atoms with Gasteiger partial charge in [0, 0.05) is 51.8 Å². The zero-order valence-corrected chi connectivity index (χ0v) is 37.1. The van der Waals surface area contributed by atoms with Gasteiger partial charge in [0.1, 0.15) is 4.90 Å². The molecular weight excluding hydrogens is 969 g/mol. The zero-order valence-electron chi connectivity index (χ0n) is 33.8. The topological polar surface area (TPSA) is 334 Å². The van der Waals surface area contributed by atoms with Crippen molar-refractivity contribution in [3.63, 3.8) is 0 Å². The molecule has 0 bridgehead atoms. The van der Waals surface area contributed by atoms with Crippen LogP contribution in [0.1, 0.15) is 11.1 Å². The van der Waals surface area contributed by atoms with Crippen molar-refractivity contribution in [2.45, 2.75) is 19.6 Å². The fourth-order valence-corrected chi connectivity index (χ4v) is 7.74. The van der Waals surface area contributed by atoms with Crippen LogP contribution in [0, 0.1) is 49.9 Å². The SMILES string of the molecule is C#CN(C#C)c1nc(Nc2cccc(S(=O)(=O)O)c2)nc(Nc2ccc(C=Cc3ccc(Nc4nc(Nc5cccc(S(=O)(=O)O)c5)nc(N(C#C)C#C)n4)cc3S(=O)(=O)O)c(SOOO)c2)n1. The fourth-order valence-electron chi connectivity index (χ4n) is 5.47. The average Bonchev–Trinajstić information content (AvgIpc) is 3.28. The van der Waals surface area contributed by atoms with Crippen LogP contribution < -0.4 is 31.1 Å². The molecule has 0 unspecified atom stereocenters. The Morgan fingerprint density at radius 3 is 1.32 bits per heavy atom. The molecule has 344 valence electrons. The predicted octanol–water partition coefficient (Wildman–Crippen LogP) is 5.35. The van der Waals surface area contributed by atoms with Crippen LogP contribution in [0.5, 0.6) is 0 Å². The maximum Gasteiger partial charge on any atom is 0.295 e. The summed E-state index contributed by atoms with van der Waals surface area (Å²) in [4.78, 5) is 25.8. The first-order valence-corrected chi connectivity index (χ1v) is 23.2. The molecule has 6 rings (SSSR count). The van der Waals surface area contributed by atoms with E-state index in [9.17, 15) is 38.9 Å². The van der Waals surface area contributed by atoms with E-state index in [1.807, 2.05) is 0 Å². The van der Waals surface area contributed by atoms with Gasteiger partial charge in [-0.25, -0.2) is 5.26 Å². The van der Waals surface area contributed by atoms with Crippen LogP contribution in [0.3, 0.4) is 0 Å². The number of nitrogens with one attached hydrogen (secondary N) is 4. The molecule has 0 fully saturated rings. The largest absolute Gasteiger partial charge is 0.324 e. The van der Waals surface area contributed by atoms with E-state index in [0.29, 0.717) is 17.6 Å². The Kier molecular flexibility index (Phi) is 15.1. The molecule has 0 amide bonds. The number of anilines is 10. The van der Waals surface area contributed by atoms with Crippen molar-refractivity contribution in [1.29, 1.82) is 0 Å². The average molecular weight is 997 g/mol. The van der Waals surface area contributed by atoms with Crippen molar-refractivity contribution in [3.05, 3.63) is 96.1 Å². The van der Waals surface area contributed by atoms with Crippen LogP contribution in [-0.2, 0) is 39.7 Å². The lowest BCUT2D eigenvalue weighted by Gasteiger charge is -2.14. The van der Waals surface area contributed by atoms with E-state index in [1.54, 1.807) is 0 Å². The van der Waals surface area contributed by atoms with Crippen LogP contribution >= 0.6 is 12.0 Å². The lowest BCUT2D eigenvalue weighted by Crippen LogP contribution is -2.15. The van der Waals surface area contributed by atoms with Gasteiger partial charge in [0.25, 0.3) is 42.3 Å². The zero-order chi connectivity index (χ0) is 49.2. The third kappa shape index (κ3) is 12.7. The fraction of sp³-hybridized carbons (Fsp3) is 0. The molecule has 0 radical (unpaired) electrons. The molecule has 0 saturated heterocycles. The highest BCUT2D eigenvalue weighted by Crippen LogP contribution is 2.32.